The molecule has 0 saturated heterocycles. The number of benzene rings is 1. The first-order valence-corrected chi connectivity index (χ1v) is 5.52. The highest BCUT2D eigenvalue weighted by Gasteiger charge is 2.15. The normalized spacial score (nSPS) is 13.8. The Morgan fingerprint density at radius 3 is 2.88 bits per heavy atom. The molecule has 2 aromatic rings. The summed E-state index contributed by atoms with van der Waals surface area (Å²) >= 11 is 0. The summed E-state index contributed by atoms with van der Waals surface area (Å²) in [7, 11) is 0. The Bertz CT molecular complexity index is 534. The van der Waals surface area contributed by atoms with Crippen LogP contribution in [-0.2, 0) is 19.3 Å². The van der Waals surface area contributed by atoms with Crippen LogP contribution in [0.5, 0.6) is 0 Å². The summed E-state index contributed by atoms with van der Waals surface area (Å²) in [5.74, 6) is -0.0711. The molecule has 0 N–H and O–H groups in total. The molecule has 0 spiro atoms. The molecule has 1 aromatic carbocycles. The average Bonchev–Trinajstić information content (AvgIpc) is 2.48. The maximum atomic E-state index is 13.7. The van der Waals surface area contributed by atoms with Crippen LogP contribution >= 0.6 is 0 Å². The van der Waals surface area contributed by atoms with Crippen LogP contribution < -0.4 is 0 Å². The third-order valence-corrected chi connectivity index (χ3v) is 3.25. The molecule has 0 unspecified atom stereocenters. The van der Waals surface area contributed by atoms with E-state index in [0.717, 1.165) is 30.4 Å². The van der Waals surface area contributed by atoms with Gasteiger partial charge in [-0.1, -0.05) is 12.1 Å². The summed E-state index contributed by atoms with van der Waals surface area (Å²) in [4.78, 5) is 4.14. The molecular weight excluding hydrogens is 201 g/mol. The van der Waals surface area contributed by atoms with E-state index in [-0.39, 0.29) is 5.82 Å². The minimum atomic E-state index is -0.0711. The van der Waals surface area contributed by atoms with Crippen LogP contribution in [0.3, 0.4) is 0 Å². The summed E-state index contributed by atoms with van der Waals surface area (Å²) in [5, 5.41) is 0. The number of fused-ring (bicyclic) bond motifs is 2. The van der Waals surface area contributed by atoms with Crippen LogP contribution in [-0.4, -0.2) is 4.98 Å². The van der Waals surface area contributed by atoms with Crippen LogP contribution in [0, 0.1) is 5.82 Å². The topological polar surface area (TPSA) is 12.9 Å². The number of aromatic nitrogens is 1. The number of nitrogens with zero attached hydrogens (tertiary/aromatic N) is 1. The Morgan fingerprint density at radius 1 is 1.00 bits per heavy atom. The third-order valence-electron chi connectivity index (χ3n) is 3.25. The first-order chi connectivity index (χ1) is 7.84. The zero-order valence-corrected chi connectivity index (χ0v) is 8.91. The standard InChI is InChI=1S/C14H12FN/c15-14-3-1-2-11-8-12-9-16-7-6-10(12)4-5-13(11)14/h1-3,6-7,9H,4-5,8H2. The van der Waals surface area contributed by atoms with Gasteiger partial charge in [-0.05, 0) is 53.6 Å². The molecular formula is C14H12FN. The molecule has 0 atom stereocenters. The van der Waals surface area contributed by atoms with E-state index >= 15 is 0 Å². The van der Waals surface area contributed by atoms with E-state index in [4.69, 9.17) is 0 Å². The van der Waals surface area contributed by atoms with Crippen LogP contribution in [0.15, 0.2) is 36.7 Å². The molecule has 1 aliphatic rings. The molecule has 1 aromatic heterocycles. The molecule has 80 valence electrons. The van der Waals surface area contributed by atoms with Gasteiger partial charge in [-0.2, -0.15) is 0 Å². The zero-order chi connectivity index (χ0) is 11.0. The number of halogens is 1. The first-order valence-electron chi connectivity index (χ1n) is 5.52. The minimum Gasteiger partial charge on any atom is -0.264 e. The maximum Gasteiger partial charge on any atom is 0.126 e. The highest BCUT2D eigenvalue weighted by Crippen LogP contribution is 2.25. The fourth-order valence-electron chi connectivity index (χ4n) is 2.37. The number of hydrogen-bond donors (Lipinski definition) is 0. The molecule has 0 bridgehead atoms. The summed E-state index contributed by atoms with van der Waals surface area (Å²) in [5.41, 5.74) is 4.50. The van der Waals surface area contributed by atoms with Crippen LogP contribution in [0.1, 0.15) is 22.3 Å². The Morgan fingerprint density at radius 2 is 1.94 bits per heavy atom. The van der Waals surface area contributed by atoms with Gasteiger partial charge in [0.05, 0.1) is 0 Å². The Hall–Kier alpha value is -1.70. The van der Waals surface area contributed by atoms with E-state index in [1.165, 1.54) is 11.1 Å². The van der Waals surface area contributed by atoms with Gasteiger partial charge in [0.1, 0.15) is 5.82 Å². The van der Waals surface area contributed by atoms with Crippen molar-refractivity contribution >= 4 is 0 Å². The fraction of sp³-hybridized carbons (Fsp3) is 0.214. The van der Waals surface area contributed by atoms with Crippen molar-refractivity contribution in [1.29, 1.82) is 0 Å². The van der Waals surface area contributed by atoms with E-state index in [1.54, 1.807) is 12.1 Å². The van der Waals surface area contributed by atoms with Crippen LogP contribution in [0.4, 0.5) is 4.39 Å². The van der Waals surface area contributed by atoms with Crippen molar-refractivity contribution < 1.29 is 4.39 Å². The number of hydrogen-bond acceptors (Lipinski definition) is 1. The third kappa shape index (κ3) is 1.51. The lowest BCUT2D eigenvalue weighted by atomic mass is 10.0. The van der Waals surface area contributed by atoms with Gasteiger partial charge in [-0.25, -0.2) is 4.39 Å². The van der Waals surface area contributed by atoms with Gasteiger partial charge in [0, 0.05) is 12.4 Å². The molecule has 0 aliphatic heterocycles. The van der Waals surface area contributed by atoms with E-state index in [9.17, 15) is 4.39 Å². The lowest BCUT2D eigenvalue weighted by Gasteiger charge is -2.05. The van der Waals surface area contributed by atoms with Crippen molar-refractivity contribution in [2.75, 3.05) is 0 Å². The molecule has 2 heteroatoms. The van der Waals surface area contributed by atoms with E-state index in [0.29, 0.717) is 0 Å². The SMILES string of the molecule is Fc1cccc2c1CCc1ccncc1C2. The molecule has 0 fully saturated rings. The van der Waals surface area contributed by atoms with Gasteiger partial charge in [0.15, 0.2) is 0 Å². The molecule has 0 radical (unpaired) electrons. The fourth-order valence-corrected chi connectivity index (χ4v) is 2.37. The summed E-state index contributed by atoms with van der Waals surface area (Å²) in [6, 6.07) is 7.39. The largest absolute Gasteiger partial charge is 0.264 e. The van der Waals surface area contributed by atoms with Crippen molar-refractivity contribution in [3.63, 3.8) is 0 Å². The summed E-state index contributed by atoms with van der Waals surface area (Å²) in [6.45, 7) is 0. The van der Waals surface area contributed by atoms with E-state index in [1.807, 2.05) is 24.5 Å². The van der Waals surface area contributed by atoms with Crippen LogP contribution in [0.25, 0.3) is 0 Å². The first kappa shape index (κ1) is 9.52. The van der Waals surface area contributed by atoms with E-state index in [2.05, 4.69) is 4.98 Å². The lowest BCUT2D eigenvalue weighted by Crippen LogP contribution is -1.96. The summed E-state index contributed by atoms with van der Waals surface area (Å²) in [6.07, 6.45) is 6.21. The van der Waals surface area contributed by atoms with Gasteiger partial charge < -0.3 is 0 Å². The zero-order valence-electron chi connectivity index (χ0n) is 8.91. The predicted octanol–water partition coefficient (Wildman–Crippen LogP) is 2.91. The molecule has 1 aliphatic carbocycles. The van der Waals surface area contributed by atoms with Gasteiger partial charge in [-0.3, -0.25) is 4.98 Å². The molecule has 16 heavy (non-hydrogen) atoms. The van der Waals surface area contributed by atoms with Gasteiger partial charge in [0.2, 0.25) is 0 Å². The smallest absolute Gasteiger partial charge is 0.126 e. The maximum absolute atomic E-state index is 13.7. The second kappa shape index (κ2) is 3.71. The van der Waals surface area contributed by atoms with Crippen molar-refractivity contribution in [1.82, 2.24) is 4.98 Å². The number of aryl methyl sites for hydroxylation is 1. The van der Waals surface area contributed by atoms with Crippen molar-refractivity contribution in [3.05, 3.63) is 64.7 Å². The molecule has 0 saturated carbocycles. The van der Waals surface area contributed by atoms with E-state index < -0.39 is 0 Å². The van der Waals surface area contributed by atoms with Crippen molar-refractivity contribution in [2.45, 2.75) is 19.3 Å². The second-order valence-electron chi connectivity index (χ2n) is 4.20. The van der Waals surface area contributed by atoms with Gasteiger partial charge in [0.25, 0.3) is 0 Å². The van der Waals surface area contributed by atoms with Crippen LogP contribution in [0.2, 0.25) is 0 Å². The summed E-state index contributed by atoms with van der Waals surface area (Å²) < 4.78 is 13.7. The van der Waals surface area contributed by atoms with Crippen molar-refractivity contribution in [3.8, 4) is 0 Å². The average molecular weight is 213 g/mol. The Balaban J connectivity index is 2.12. The molecule has 1 nitrogen and oxygen atoms in total. The lowest BCUT2D eigenvalue weighted by molar-refractivity contribution is 0.607. The highest BCUT2D eigenvalue weighted by atomic mass is 19.1. The highest BCUT2D eigenvalue weighted by molar-refractivity contribution is 5.39. The monoisotopic (exact) mass is 213 g/mol. The predicted molar refractivity (Wildman–Crippen MR) is 60.9 cm³/mol. The Labute approximate surface area is 94.0 Å². The molecule has 3 rings (SSSR count). The van der Waals surface area contributed by atoms with Crippen molar-refractivity contribution in [2.24, 2.45) is 0 Å². The minimum absolute atomic E-state index is 0.0711. The molecule has 0 amide bonds. The quantitative estimate of drug-likeness (QED) is 0.655. The molecule has 1 heterocycles. The Kier molecular flexibility index (Phi) is 2.21. The second-order valence-corrected chi connectivity index (χ2v) is 4.20. The number of rotatable bonds is 0. The van der Waals surface area contributed by atoms with Gasteiger partial charge >= 0.3 is 0 Å². The number of pyridine rings is 1. The van der Waals surface area contributed by atoms with Gasteiger partial charge in [-0.15, -0.1) is 0 Å².